The van der Waals surface area contributed by atoms with Gasteiger partial charge in [-0.25, -0.2) is 0 Å². The molecule has 0 unspecified atom stereocenters. The molecule has 0 radical (unpaired) electrons. The van der Waals surface area contributed by atoms with Gasteiger partial charge < -0.3 is 4.90 Å². The summed E-state index contributed by atoms with van der Waals surface area (Å²) < 4.78 is 1.81. The van der Waals surface area contributed by atoms with Crippen molar-refractivity contribution in [1.82, 2.24) is 4.90 Å². The first-order valence-electron chi connectivity index (χ1n) is 7.25. The highest BCUT2D eigenvalue weighted by molar-refractivity contribution is 9.11. The quantitative estimate of drug-likeness (QED) is 0.675. The fourth-order valence-electron chi connectivity index (χ4n) is 2.97. The number of halogens is 2. The Hall–Kier alpha value is -0.350. The SMILES string of the molecule is CCC1(CC)CCN(C(=O)c2cc(Br)ccc2Br)CC1. The Bertz CT molecular complexity index is 487. The smallest absolute Gasteiger partial charge is 0.255 e. The number of hydrogen-bond acceptors (Lipinski definition) is 1. The van der Waals surface area contributed by atoms with Gasteiger partial charge in [-0.2, -0.15) is 0 Å². The lowest BCUT2D eigenvalue weighted by atomic mass is 9.74. The number of benzene rings is 1. The van der Waals surface area contributed by atoms with E-state index in [2.05, 4.69) is 45.7 Å². The number of carbonyl (C=O) groups is 1. The van der Waals surface area contributed by atoms with Crippen molar-refractivity contribution in [3.63, 3.8) is 0 Å². The molecule has 1 fully saturated rings. The van der Waals surface area contributed by atoms with Gasteiger partial charge in [-0.3, -0.25) is 4.79 Å². The van der Waals surface area contributed by atoms with E-state index >= 15 is 0 Å². The van der Waals surface area contributed by atoms with E-state index in [0.717, 1.165) is 40.4 Å². The Morgan fingerprint density at radius 3 is 2.35 bits per heavy atom. The molecular formula is C16H21Br2NO. The molecule has 0 aromatic heterocycles. The number of carbonyl (C=O) groups excluding carboxylic acids is 1. The molecule has 1 heterocycles. The molecule has 0 aliphatic carbocycles. The normalized spacial score (nSPS) is 18.1. The highest BCUT2D eigenvalue weighted by Crippen LogP contribution is 2.38. The Morgan fingerprint density at radius 1 is 1.20 bits per heavy atom. The van der Waals surface area contributed by atoms with Crippen molar-refractivity contribution < 1.29 is 4.79 Å². The molecule has 1 amide bonds. The number of amides is 1. The average molecular weight is 403 g/mol. The van der Waals surface area contributed by atoms with E-state index in [4.69, 9.17) is 0 Å². The molecule has 1 aromatic carbocycles. The van der Waals surface area contributed by atoms with E-state index in [0.29, 0.717) is 5.41 Å². The van der Waals surface area contributed by atoms with Crippen molar-refractivity contribution in [2.24, 2.45) is 5.41 Å². The second kappa shape index (κ2) is 6.61. The Labute approximate surface area is 138 Å². The van der Waals surface area contributed by atoms with Crippen molar-refractivity contribution in [2.75, 3.05) is 13.1 Å². The molecule has 0 spiro atoms. The topological polar surface area (TPSA) is 20.3 Å². The first-order valence-corrected chi connectivity index (χ1v) is 8.84. The fraction of sp³-hybridized carbons (Fsp3) is 0.562. The molecule has 0 atom stereocenters. The first kappa shape index (κ1) is 16.0. The number of hydrogen-bond donors (Lipinski definition) is 0. The summed E-state index contributed by atoms with van der Waals surface area (Å²) in [6.45, 7) is 6.29. The van der Waals surface area contributed by atoms with Crippen LogP contribution in [0.1, 0.15) is 49.9 Å². The summed E-state index contributed by atoms with van der Waals surface area (Å²) in [7, 11) is 0. The van der Waals surface area contributed by atoms with Crippen LogP contribution in [0, 0.1) is 5.41 Å². The predicted molar refractivity (Wildman–Crippen MR) is 90.0 cm³/mol. The largest absolute Gasteiger partial charge is 0.339 e. The van der Waals surface area contributed by atoms with Gasteiger partial charge in [-0.05, 0) is 52.4 Å². The average Bonchev–Trinajstić information content (AvgIpc) is 2.49. The predicted octanol–water partition coefficient (Wildman–Crippen LogP) is 5.25. The number of piperidine rings is 1. The van der Waals surface area contributed by atoms with E-state index in [9.17, 15) is 4.79 Å². The van der Waals surface area contributed by atoms with Crippen molar-refractivity contribution in [3.05, 3.63) is 32.7 Å². The van der Waals surface area contributed by atoms with E-state index < -0.39 is 0 Å². The molecule has 2 nitrogen and oxygen atoms in total. The summed E-state index contributed by atoms with van der Waals surface area (Å²) in [6, 6.07) is 5.76. The van der Waals surface area contributed by atoms with Gasteiger partial charge in [-0.15, -0.1) is 0 Å². The van der Waals surface area contributed by atoms with Crippen molar-refractivity contribution in [3.8, 4) is 0 Å². The Morgan fingerprint density at radius 2 is 1.80 bits per heavy atom. The number of likely N-dealkylation sites (tertiary alicyclic amines) is 1. The van der Waals surface area contributed by atoms with E-state index in [1.165, 1.54) is 12.8 Å². The highest BCUT2D eigenvalue weighted by Gasteiger charge is 2.33. The summed E-state index contributed by atoms with van der Waals surface area (Å²) in [5.74, 6) is 0.138. The van der Waals surface area contributed by atoms with Gasteiger partial charge in [0.05, 0.1) is 5.56 Å². The summed E-state index contributed by atoms with van der Waals surface area (Å²) in [4.78, 5) is 14.6. The van der Waals surface area contributed by atoms with Crippen LogP contribution in [0.5, 0.6) is 0 Å². The summed E-state index contributed by atoms with van der Waals surface area (Å²) >= 11 is 6.92. The van der Waals surface area contributed by atoms with Gasteiger partial charge in [0.1, 0.15) is 0 Å². The second-order valence-electron chi connectivity index (χ2n) is 5.62. The van der Waals surface area contributed by atoms with E-state index in [1.807, 2.05) is 23.1 Å². The highest BCUT2D eigenvalue weighted by atomic mass is 79.9. The van der Waals surface area contributed by atoms with Gasteiger partial charge in [-0.1, -0.05) is 42.6 Å². The lowest BCUT2D eigenvalue weighted by Gasteiger charge is -2.41. The van der Waals surface area contributed by atoms with E-state index in [1.54, 1.807) is 0 Å². The minimum Gasteiger partial charge on any atom is -0.339 e. The van der Waals surface area contributed by atoms with Crippen LogP contribution in [0.15, 0.2) is 27.1 Å². The standard InChI is InChI=1S/C16H21Br2NO/c1-3-16(4-2)7-9-19(10-8-16)15(20)13-11-12(17)5-6-14(13)18/h5-6,11H,3-4,7-10H2,1-2H3. The molecule has 1 aromatic rings. The number of rotatable bonds is 3. The van der Waals surface area contributed by atoms with Crippen LogP contribution in [0.4, 0.5) is 0 Å². The van der Waals surface area contributed by atoms with Gasteiger partial charge in [0.25, 0.3) is 5.91 Å². The van der Waals surface area contributed by atoms with Crippen LogP contribution in [-0.2, 0) is 0 Å². The Kier molecular flexibility index (Phi) is 5.30. The van der Waals surface area contributed by atoms with Crippen LogP contribution >= 0.6 is 31.9 Å². The van der Waals surface area contributed by atoms with Crippen molar-refractivity contribution in [1.29, 1.82) is 0 Å². The molecule has 2 rings (SSSR count). The molecule has 1 saturated heterocycles. The minimum absolute atomic E-state index is 0.138. The lowest BCUT2D eigenvalue weighted by molar-refractivity contribution is 0.0557. The third-order valence-electron chi connectivity index (χ3n) is 4.77. The maximum absolute atomic E-state index is 12.6. The van der Waals surface area contributed by atoms with Gasteiger partial charge in [0.15, 0.2) is 0 Å². The lowest BCUT2D eigenvalue weighted by Crippen LogP contribution is -2.42. The van der Waals surface area contributed by atoms with E-state index in [-0.39, 0.29) is 5.91 Å². The fourth-order valence-corrected chi connectivity index (χ4v) is 3.75. The summed E-state index contributed by atoms with van der Waals surface area (Å²) in [6.07, 6.45) is 4.67. The third kappa shape index (κ3) is 3.28. The molecule has 20 heavy (non-hydrogen) atoms. The first-order chi connectivity index (χ1) is 9.51. The molecule has 110 valence electrons. The van der Waals surface area contributed by atoms with Crippen LogP contribution in [0.25, 0.3) is 0 Å². The maximum atomic E-state index is 12.6. The summed E-state index contributed by atoms with van der Waals surface area (Å²) in [5.41, 5.74) is 1.20. The molecule has 4 heteroatoms. The molecule has 0 bridgehead atoms. The molecule has 0 saturated carbocycles. The van der Waals surface area contributed by atoms with Gasteiger partial charge >= 0.3 is 0 Å². The van der Waals surface area contributed by atoms with Crippen LogP contribution < -0.4 is 0 Å². The zero-order chi connectivity index (χ0) is 14.8. The second-order valence-corrected chi connectivity index (χ2v) is 7.39. The van der Waals surface area contributed by atoms with Crippen LogP contribution in [0.2, 0.25) is 0 Å². The molecule has 0 N–H and O–H groups in total. The monoisotopic (exact) mass is 401 g/mol. The zero-order valence-electron chi connectivity index (χ0n) is 12.1. The molecule has 1 aliphatic heterocycles. The maximum Gasteiger partial charge on any atom is 0.255 e. The number of nitrogens with zero attached hydrogens (tertiary/aromatic N) is 1. The molecule has 1 aliphatic rings. The molecular weight excluding hydrogens is 382 g/mol. The van der Waals surface area contributed by atoms with Crippen molar-refractivity contribution in [2.45, 2.75) is 39.5 Å². The van der Waals surface area contributed by atoms with Crippen LogP contribution in [0.3, 0.4) is 0 Å². The minimum atomic E-state index is 0.138. The third-order valence-corrected chi connectivity index (χ3v) is 5.95. The zero-order valence-corrected chi connectivity index (χ0v) is 15.3. The Balaban J connectivity index is 2.10. The van der Waals surface area contributed by atoms with Gasteiger partial charge in [0.2, 0.25) is 0 Å². The summed E-state index contributed by atoms with van der Waals surface area (Å²) in [5, 5.41) is 0. The van der Waals surface area contributed by atoms with Crippen LogP contribution in [-0.4, -0.2) is 23.9 Å². The van der Waals surface area contributed by atoms with Crippen molar-refractivity contribution >= 4 is 37.8 Å². The van der Waals surface area contributed by atoms with Gasteiger partial charge in [0, 0.05) is 22.0 Å².